The maximum atomic E-state index is 12.4. The van der Waals surface area contributed by atoms with E-state index < -0.39 is 28.1 Å². The molecule has 17 heavy (non-hydrogen) atoms. The molecule has 0 aromatic carbocycles. The van der Waals surface area contributed by atoms with Gasteiger partial charge in [0.25, 0.3) is 10.1 Å². The van der Waals surface area contributed by atoms with Crippen molar-refractivity contribution in [1.82, 2.24) is 0 Å². The summed E-state index contributed by atoms with van der Waals surface area (Å²) in [4.78, 5) is 0. The molecule has 0 heterocycles. The lowest BCUT2D eigenvalue weighted by Gasteiger charge is -2.16. The lowest BCUT2D eigenvalue weighted by molar-refractivity contribution is 0.140. The molecule has 0 aliphatic carbocycles. The molecule has 0 aromatic heterocycles. The second-order valence-corrected chi connectivity index (χ2v) is 5.97. The Kier molecular flexibility index (Phi) is 8.72. The van der Waals surface area contributed by atoms with Crippen molar-refractivity contribution in [3.05, 3.63) is 0 Å². The summed E-state index contributed by atoms with van der Waals surface area (Å²) in [6.07, 6.45) is 4.90. The first-order chi connectivity index (χ1) is 7.93. The van der Waals surface area contributed by atoms with E-state index in [9.17, 15) is 17.9 Å². The Labute approximate surface area is 103 Å². The minimum absolute atomic E-state index is 0.209. The van der Waals surface area contributed by atoms with Crippen LogP contribution in [0.5, 0.6) is 0 Å². The Hall–Kier alpha value is -0.200. The maximum Gasteiger partial charge on any atom is 0.272 e. The van der Waals surface area contributed by atoms with E-state index in [4.69, 9.17) is 4.55 Å². The highest BCUT2D eigenvalue weighted by atomic mass is 32.2. The van der Waals surface area contributed by atoms with Crippen LogP contribution in [0.4, 0.5) is 4.39 Å². The molecule has 2 N–H and O–H groups in total. The predicted molar refractivity (Wildman–Crippen MR) is 65.3 cm³/mol. The van der Waals surface area contributed by atoms with Crippen LogP contribution >= 0.6 is 0 Å². The standard InChI is InChI=1S/C11H23FO4S/c1-2-3-4-5-6-7-8-10(13)11(9-12)17(14,15)16/h10-11,13H,2-9H2,1H3,(H,14,15,16). The van der Waals surface area contributed by atoms with Gasteiger partial charge in [-0.25, -0.2) is 4.39 Å². The molecule has 0 aromatic rings. The van der Waals surface area contributed by atoms with Crippen LogP contribution in [0.15, 0.2) is 0 Å². The van der Waals surface area contributed by atoms with E-state index >= 15 is 0 Å². The van der Waals surface area contributed by atoms with Gasteiger partial charge >= 0.3 is 0 Å². The first-order valence-electron chi connectivity index (χ1n) is 6.13. The van der Waals surface area contributed by atoms with Gasteiger partial charge in [-0.1, -0.05) is 45.4 Å². The van der Waals surface area contributed by atoms with Crippen molar-refractivity contribution in [2.75, 3.05) is 6.67 Å². The fourth-order valence-corrected chi connectivity index (χ4v) is 2.39. The van der Waals surface area contributed by atoms with Crippen molar-refractivity contribution in [2.24, 2.45) is 0 Å². The minimum atomic E-state index is -4.49. The van der Waals surface area contributed by atoms with Crippen LogP contribution in [-0.4, -0.2) is 36.1 Å². The monoisotopic (exact) mass is 270 g/mol. The number of aliphatic hydroxyl groups excluding tert-OH is 1. The second-order valence-electron chi connectivity index (χ2n) is 4.33. The van der Waals surface area contributed by atoms with E-state index in [1.807, 2.05) is 0 Å². The molecular weight excluding hydrogens is 247 g/mol. The molecule has 2 unspecified atom stereocenters. The van der Waals surface area contributed by atoms with E-state index in [1.54, 1.807) is 0 Å². The van der Waals surface area contributed by atoms with Gasteiger partial charge < -0.3 is 5.11 Å². The zero-order valence-corrected chi connectivity index (χ0v) is 11.1. The molecule has 0 bridgehead atoms. The summed E-state index contributed by atoms with van der Waals surface area (Å²) in [5.74, 6) is 0. The molecule has 0 amide bonds. The Bertz CT molecular complexity index is 279. The van der Waals surface area contributed by atoms with Crippen molar-refractivity contribution in [3.8, 4) is 0 Å². The molecule has 0 saturated carbocycles. The van der Waals surface area contributed by atoms with E-state index in [0.717, 1.165) is 25.7 Å². The Morgan fingerprint density at radius 3 is 2.12 bits per heavy atom. The zero-order chi connectivity index (χ0) is 13.3. The Morgan fingerprint density at radius 2 is 1.65 bits per heavy atom. The minimum Gasteiger partial charge on any atom is -0.392 e. The van der Waals surface area contributed by atoms with Crippen LogP contribution in [-0.2, 0) is 10.1 Å². The lowest BCUT2D eigenvalue weighted by atomic mass is 10.1. The number of hydrogen-bond acceptors (Lipinski definition) is 3. The fourth-order valence-electron chi connectivity index (χ4n) is 1.70. The predicted octanol–water partition coefficient (Wildman–Crippen LogP) is 2.32. The van der Waals surface area contributed by atoms with E-state index in [2.05, 4.69) is 6.92 Å². The van der Waals surface area contributed by atoms with E-state index in [-0.39, 0.29) is 6.42 Å². The van der Waals surface area contributed by atoms with Crippen LogP contribution in [0.2, 0.25) is 0 Å². The third-order valence-corrected chi connectivity index (χ3v) is 4.02. The average Bonchev–Trinajstić information content (AvgIpc) is 2.22. The van der Waals surface area contributed by atoms with Gasteiger partial charge in [0.1, 0.15) is 11.9 Å². The highest BCUT2D eigenvalue weighted by Crippen LogP contribution is 2.14. The Morgan fingerprint density at radius 1 is 1.12 bits per heavy atom. The van der Waals surface area contributed by atoms with Crippen molar-refractivity contribution in [2.45, 2.75) is 63.2 Å². The summed E-state index contributed by atoms with van der Waals surface area (Å²) in [5.41, 5.74) is 0. The fraction of sp³-hybridized carbons (Fsp3) is 1.00. The normalized spacial score (nSPS) is 15.8. The van der Waals surface area contributed by atoms with Crippen molar-refractivity contribution in [1.29, 1.82) is 0 Å². The third kappa shape index (κ3) is 7.68. The average molecular weight is 270 g/mol. The summed E-state index contributed by atoms with van der Waals surface area (Å²) in [6, 6.07) is 0. The van der Waals surface area contributed by atoms with E-state index in [1.165, 1.54) is 6.42 Å². The molecule has 0 fully saturated rings. The maximum absolute atomic E-state index is 12.4. The van der Waals surface area contributed by atoms with Crippen molar-refractivity contribution < 1.29 is 22.5 Å². The van der Waals surface area contributed by atoms with Gasteiger partial charge in [-0.05, 0) is 6.42 Å². The zero-order valence-electron chi connectivity index (χ0n) is 10.3. The number of halogens is 1. The second kappa shape index (κ2) is 8.83. The molecule has 0 aliphatic rings. The Balaban J connectivity index is 3.81. The number of aliphatic hydroxyl groups is 1. The summed E-state index contributed by atoms with van der Waals surface area (Å²) in [7, 11) is -4.49. The number of unbranched alkanes of at least 4 members (excludes halogenated alkanes) is 5. The van der Waals surface area contributed by atoms with Crippen LogP contribution in [0.25, 0.3) is 0 Å². The summed E-state index contributed by atoms with van der Waals surface area (Å²) < 4.78 is 42.5. The number of hydrogen-bond donors (Lipinski definition) is 2. The number of alkyl halides is 1. The topological polar surface area (TPSA) is 74.6 Å². The molecule has 2 atom stereocenters. The molecule has 4 nitrogen and oxygen atoms in total. The van der Waals surface area contributed by atoms with Crippen LogP contribution in [0.1, 0.15) is 51.9 Å². The van der Waals surface area contributed by atoms with Gasteiger partial charge in [0.05, 0.1) is 6.10 Å². The molecule has 0 spiro atoms. The first kappa shape index (κ1) is 16.8. The highest BCUT2D eigenvalue weighted by molar-refractivity contribution is 7.86. The molecular formula is C11H23FO4S. The van der Waals surface area contributed by atoms with Gasteiger partial charge in [0, 0.05) is 0 Å². The SMILES string of the molecule is CCCCCCCCC(O)C(CF)S(=O)(=O)O. The first-order valence-corrected chi connectivity index (χ1v) is 7.64. The van der Waals surface area contributed by atoms with Gasteiger partial charge in [-0.2, -0.15) is 8.42 Å². The van der Waals surface area contributed by atoms with Gasteiger partial charge in [-0.3, -0.25) is 4.55 Å². The molecule has 104 valence electrons. The largest absolute Gasteiger partial charge is 0.392 e. The molecule has 6 heteroatoms. The summed E-state index contributed by atoms with van der Waals surface area (Å²) in [6.45, 7) is 0.859. The van der Waals surface area contributed by atoms with Gasteiger partial charge in [0.15, 0.2) is 0 Å². The van der Waals surface area contributed by atoms with Crippen molar-refractivity contribution in [3.63, 3.8) is 0 Å². The summed E-state index contributed by atoms with van der Waals surface area (Å²) >= 11 is 0. The van der Waals surface area contributed by atoms with Gasteiger partial charge in [-0.15, -0.1) is 0 Å². The molecule has 0 saturated heterocycles. The van der Waals surface area contributed by atoms with Crippen LogP contribution in [0.3, 0.4) is 0 Å². The van der Waals surface area contributed by atoms with Gasteiger partial charge in [0.2, 0.25) is 0 Å². The lowest BCUT2D eigenvalue weighted by Crippen LogP contribution is -2.35. The number of rotatable bonds is 10. The van der Waals surface area contributed by atoms with E-state index in [0.29, 0.717) is 6.42 Å². The quantitative estimate of drug-likeness (QED) is 0.472. The smallest absolute Gasteiger partial charge is 0.272 e. The molecule has 0 rings (SSSR count). The highest BCUT2D eigenvalue weighted by Gasteiger charge is 2.30. The molecule has 0 aliphatic heterocycles. The van der Waals surface area contributed by atoms with Crippen LogP contribution in [0, 0.1) is 0 Å². The summed E-state index contributed by atoms with van der Waals surface area (Å²) in [5, 5.41) is 7.77. The van der Waals surface area contributed by atoms with Crippen molar-refractivity contribution >= 4 is 10.1 Å². The van der Waals surface area contributed by atoms with Crippen LogP contribution < -0.4 is 0 Å². The molecule has 0 radical (unpaired) electrons. The third-order valence-electron chi connectivity index (χ3n) is 2.82.